The first-order valence-corrected chi connectivity index (χ1v) is 9.43. The van der Waals surface area contributed by atoms with Crippen molar-refractivity contribution in [2.24, 2.45) is 0 Å². The number of amides is 1. The van der Waals surface area contributed by atoms with Gasteiger partial charge in [0.1, 0.15) is 29.6 Å². The standard InChI is InChI=1S/C20H22FN5O2/c1-3-13-11-28-17-6-5-12(21)9-14(17)16(4-2)24-18-7-8-26-19(25-18)15(10-22-26)20(27)23-13/h5-10,13,16H,3-4,11H2,1-2H3,(H,23,27)(H,24,25)/t13-,16+/m0/s1. The van der Waals surface area contributed by atoms with E-state index in [4.69, 9.17) is 4.74 Å². The monoisotopic (exact) mass is 383 g/mol. The van der Waals surface area contributed by atoms with E-state index in [1.165, 1.54) is 18.3 Å². The van der Waals surface area contributed by atoms with Gasteiger partial charge in [0, 0.05) is 11.8 Å². The van der Waals surface area contributed by atoms with Crippen LogP contribution >= 0.6 is 0 Å². The zero-order chi connectivity index (χ0) is 19.7. The Balaban J connectivity index is 1.84. The molecule has 28 heavy (non-hydrogen) atoms. The molecule has 0 aliphatic carbocycles. The summed E-state index contributed by atoms with van der Waals surface area (Å²) in [5.41, 5.74) is 1.59. The number of halogens is 1. The van der Waals surface area contributed by atoms with Gasteiger partial charge in [-0.25, -0.2) is 13.9 Å². The summed E-state index contributed by atoms with van der Waals surface area (Å²) in [6, 6.07) is 5.88. The maximum absolute atomic E-state index is 14.0. The third-order valence-corrected chi connectivity index (χ3v) is 4.96. The van der Waals surface area contributed by atoms with Crippen molar-refractivity contribution >= 4 is 17.4 Å². The van der Waals surface area contributed by atoms with Crippen molar-refractivity contribution in [3.05, 3.63) is 53.6 Å². The average molecular weight is 383 g/mol. The first-order valence-electron chi connectivity index (χ1n) is 9.43. The summed E-state index contributed by atoms with van der Waals surface area (Å²) >= 11 is 0. The summed E-state index contributed by atoms with van der Waals surface area (Å²) in [6.07, 6.45) is 4.65. The van der Waals surface area contributed by atoms with Crippen LogP contribution in [0.1, 0.15) is 48.7 Å². The minimum atomic E-state index is -0.325. The molecular formula is C20H22FN5O2. The SMILES string of the molecule is CC[C@H]1COc2ccc(F)cc2[C@@H](CC)Nc2ccn3ncc(c3n2)C(=O)N1. The first-order chi connectivity index (χ1) is 13.6. The van der Waals surface area contributed by atoms with Gasteiger partial charge < -0.3 is 15.4 Å². The molecule has 146 valence electrons. The van der Waals surface area contributed by atoms with Crippen molar-refractivity contribution in [2.75, 3.05) is 11.9 Å². The van der Waals surface area contributed by atoms with Gasteiger partial charge in [-0.1, -0.05) is 13.8 Å². The Hall–Kier alpha value is -3.16. The van der Waals surface area contributed by atoms with Crippen LogP contribution in [0.2, 0.25) is 0 Å². The molecule has 8 heteroatoms. The molecule has 2 atom stereocenters. The molecule has 3 heterocycles. The smallest absolute Gasteiger partial charge is 0.257 e. The second-order valence-corrected chi connectivity index (χ2v) is 6.82. The number of hydrogen-bond donors (Lipinski definition) is 2. The Kier molecular flexibility index (Phi) is 4.85. The van der Waals surface area contributed by atoms with Crippen LogP contribution < -0.4 is 15.4 Å². The molecule has 2 aromatic heterocycles. The molecule has 3 aromatic rings. The molecule has 1 aliphatic rings. The third kappa shape index (κ3) is 3.37. The minimum absolute atomic E-state index is 0.197. The lowest BCUT2D eigenvalue weighted by Gasteiger charge is -2.23. The van der Waals surface area contributed by atoms with Crippen molar-refractivity contribution in [1.29, 1.82) is 0 Å². The number of carbonyl (C=O) groups excluding carboxylic acids is 1. The second kappa shape index (κ2) is 7.46. The fourth-order valence-corrected chi connectivity index (χ4v) is 3.33. The second-order valence-electron chi connectivity index (χ2n) is 6.82. The number of rotatable bonds is 2. The van der Waals surface area contributed by atoms with Gasteiger partial charge in [-0.05, 0) is 37.1 Å². The largest absolute Gasteiger partial charge is 0.491 e. The van der Waals surface area contributed by atoms with Crippen LogP contribution in [0.15, 0.2) is 36.7 Å². The van der Waals surface area contributed by atoms with Crippen molar-refractivity contribution in [1.82, 2.24) is 19.9 Å². The summed E-state index contributed by atoms with van der Waals surface area (Å²) in [7, 11) is 0. The lowest BCUT2D eigenvalue weighted by molar-refractivity contribution is 0.0921. The summed E-state index contributed by atoms with van der Waals surface area (Å²) in [6.45, 7) is 4.26. The van der Waals surface area contributed by atoms with Gasteiger partial charge in [0.25, 0.3) is 5.91 Å². The highest BCUT2D eigenvalue weighted by molar-refractivity contribution is 5.99. The van der Waals surface area contributed by atoms with Gasteiger partial charge in [0.15, 0.2) is 5.65 Å². The summed E-state index contributed by atoms with van der Waals surface area (Å²) in [5, 5.41) is 10.5. The fourth-order valence-electron chi connectivity index (χ4n) is 3.33. The molecule has 4 rings (SSSR count). The van der Waals surface area contributed by atoms with Crippen molar-refractivity contribution in [3.63, 3.8) is 0 Å². The summed E-state index contributed by atoms with van der Waals surface area (Å²) < 4.78 is 21.5. The molecule has 0 spiro atoms. The van der Waals surface area contributed by atoms with Crippen LogP contribution in [0, 0.1) is 5.82 Å². The molecular weight excluding hydrogens is 361 g/mol. The predicted molar refractivity (Wildman–Crippen MR) is 103 cm³/mol. The van der Waals surface area contributed by atoms with E-state index >= 15 is 0 Å². The predicted octanol–water partition coefficient (Wildman–Crippen LogP) is 3.33. The number of hydrogen-bond acceptors (Lipinski definition) is 5. The van der Waals surface area contributed by atoms with Crippen LogP contribution in [-0.4, -0.2) is 33.2 Å². The van der Waals surface area contributed by atoms with Gasteiger partial charge in [-0.15, -0.1) is 0 Å². The van der Waals surface area contributed by atoms with E-state index in [1.54, 1.807) is 22.8 Å². The average Bonchev–Trinajstić information content (AvgIpc) is 3.12. The van der Waals surface area contributed by atoms with Gasteiger partial charge in [0.2, 0.25) is 0 Å². The van der Waals surface area contributed by atoms with Crippen LogP contribution in [0.25, 0.3) is 5.65 Å². The van der Waals surface area contributed by atoms with Crippen molar-refractivity contribution < 1.29 is 13.9 Å². The molecule has 2 bridgehead atoms. The molecule has 0 radical (unpaired) electrons. The third-order valence-electron chi connectivity index (χ3n) is 4.96. The molecule has 2 N–H and O–H groups in total. The van der Waals surface area contributed by atoms with Crippen LogP contribution in [0.5, 0.6) is 5.75 Å². The van der Waals surface area contributed by atoms with E-state index in [0.717, 1.165) is 5.56 Å². The van der Waals surface area contributed by atoms with Gasteiger partial charge in [-0.2, -0.15) is 5.10 Å². The van der Waals surface area contributed by atoms with Gasteiger partial charge in [0.05, 0.1) is 18.3 Å². The highest BCUT2D eigenvalue weighted by Crippen LogP contribution is 2.31. The van der Waals surface area contributed by atoms with Crippen LogP contribution in [-0.2, 0) is 0 Å². The number of nitrogens with zero attached hydrogens (tertiary/aromatic N) is 3. The Bertz CT molecular complexity index is 1020. The maximum atomic E-state index is 14.0. The van der Waals surface area contributed by atoms with E-state index in [2.05, 4.69) is 20.7 Å². The Morgan fingerprint density at radius 3 is 2.89 bits per heavy atom. The lowest BCUT2D eigenvalue weighted by Crippen LogP contribution is -2.38. The lowest BCUT2D eigenvalue weighted by atomic mass is 10.0. The molecule has 1 aromatic carbocycles. The number of aromatic nitrogens is 3. The molecule has 0 unspecified atom stereocenters. The minimum Gasteiger partial charge on any atom is -0.491 e. The number of ether oxygens (including phenoxy) is 1. The number of carbonyl (C=O) groups is 1. The normalized spacial score (nSPS) is 19.6. The van der Waals surface area contributed by atoms with Gasteiger partial charge in [-0.3, -0.25) is 4.79 Å². The molecule has 1 amide bonds. The van der Waals surface area contributed by atoms with Crippen molar-refractivity contribution in [3.8, 4) is 5.75 Å². The van der Waals surface area contributed by atoms with E-state index < -0.39 is 0 Å². The number of fused-ring (bicyclic) bond motifs is 2. The fraction of sp³-hybridized carbons (Fsp3) is 0.350. The van der Waals surface area contributed by atoms with Crippen molar-refractivity contribution in [2.45, 2.75) is 38.8 Å². The summed E-state index contributed by atoms with van der Waals surface area (Å²) in [4.78, 5) is 17.3. The molecule has 7 nitrogen and oxygen atoms in total. The molecule has 0 saturated carbocycles. The highest BCUT2D eigenvalue weighted by Gasteiger charge is 2.22. The molecule has 1 aliphatic heterocycles. The van der Waals surface area contributed by atoms with Crippen LogP contribution in [0.4, 0.5) is 10.2 Å². The van der Waals surface area contributed by atoms with E-state index in [0.29, 0.717) is 35.6 Å². The number of benzene rings is 1. The zero-order valence-corrected chi connectivity index (χ0v) is 15.8. The molecule has 0 fully saturated rings. The summed E-state index contributed by atoms with van der Waals surface area (Å²) in [5.74, 6) is 0.599. The highest BCUT2D eigenvalue weighted by atomic mass is 19.1. The quantitative estimate of drug-likeness (QED) is 0.710. The number of anilines is 1. The van der Waals surface area contributed by atoms with Gasteiger partial charge >= 0.3 is 0 Å². The van der Waals surface area contributed by atoms with Crippen LogP contribution in [0.3, 0.4) is 0 Å². The zero-order valence-electron chi connectivity index (χ0n) is 15.8. The van der Waals surface area contributed by atoms with E-state index in [1.807, 2.05) is 13.8 Å². The topological polar surface area (TPSA) is 80.6 Å². The first kappa shape index (κ1) is 18.2. The molecule has 0 saturated heterocycles. The van der Waals surface area contributed by atoms with E-state index in [9.17, 15) is 9.18 Å². The Labute approximate surface area is 161 Å². The van der Waals surface area contributed by atoms with E-state index in [-0.39, 0.29) is 30.4 Å². The number of nitrogens with one attached hydrogen (secondary N) is 2. The Morgan fingerprint density at radius 2 is 2.11 bits per heavy atom. The Morgan fingerprint density at radius 1 is 1.25 bits per heavy atom. The maximum Gasteiger partial charge on any atom is 0.257 e.